The van der Waals surface area contributed by atoms with Gasteiger partial charge < -0.3 is 15.7 Å². The Morgan fingerprint density at radius 2 is 2.40 bits per heavy atom. The normalized spacial score (nSPS) is 16.2. The fraction of sp³-hybridized carbons (Fsp3) is 0.400. The summed E-state index contributed by atoms with van der Waals surface area (Å²) in [5.74, 6) is -0.386. The van der Waals surface area contributed by atoms with Gasteiger partial charge in [0.15, 0.2) is 0 Å². The Morgan fingerprint density at radius 3 is 3.00 bits per heavy atom. The maximum absolute atomic E-state index is 10.7. The molecule has 2 rings (SSSR count). The lowest BCUT2D eigenvalue weighted by Crippen LogP contribution is -2.50. The summed E-state index contributed by atoms with van der Waals surface area (Å²) in [7, 11) is 0. The first-order valence-electron chi connectivity index (χ1n) is 4.81. The Morgan fingerprint density at radius 1 is 1.67 bits per heavy atom. The Balaban J connectivity index is 2.09. The first-order valence-corrected chi connectivity index (χ1v) is 4.81. The molecule has 1 aliphatic heterocycles. The van der Waals surface area contributed by atoms with Crippen molar-refractivity contribution in [2.75, 3.05) is 18.0 Å². The molecule has 0 atom stereocenters. The molecule has 1 aromatic rings. The number of nitrogens with two attached hydrogens (primary N) is 1. The summed E-state index contributed by atoms with van der Waals surface area (Å²) < 4.78 is 0. The molecule has 1 amide bonds. The number of amides is 1. The summed E-state index contributed by atoms with van der Waals surface area (Å²) in [6.45, 7) is 1.28. The molecule has 1 saturated heterocycles. The third-order valence-electron chi connectivity index (χ3n) is 2.38. The Hall–Kier alpha value is -1.62. The molecule has 80 valence electrons. The van der Waals surface area contributed by atoms with Crippen LogP contribution in [0.25, 0.3) is 0 Å². The summed E-state index contributed by atoms with van der Waals surface area (Å²) in [5.41, 5.74) is 6.73. The van der Waals surface area contributed by atoms with Crippen molar-refractivity contribution in [2.45, 2.75) is 12.5 Å². The van der Waals surface area contributed by atoms with Gasteiger partial charge in [-0.25, -0.2) is 0 Å². The van der Waals surface area contributed by atoms with Gasteiger partial charge in [0.2, 0.25) is 5.91 Å². The van der Waals surface area contributed by atoms with E-state index in [1.165, 1.54) is 0 Å². The predicted octanol–water partition coefficient (Wildman–Crippen LogP) is -0.710. The van der Waals surface area contributed by atoms with Gasteiger partial charge in [0, 0.05) is 25.0 Å². The predicted molar refractivity (Wildman–Crippen MR) is 55.4 cm³/mol. The van der Waals surface area contributed by atoms with Crippen LogP contribution in [-0.4, -0.2) is 35.2 Å². The molecule has 2 heterocycles. The van der Waals surface area contributed by atoms with Crippen LogP contribution < -0.4 is 10.6 Å². The van der Waals surface area contributed by atoms with E-state index in [0.717, 1.165) is 5.69 Å². The molecule has 0 bridgehead atoms. The molecule has 15 heavy (non-hydrogen) atoms. The van der Waals surface area contributed by atoms with Gasteiger partial charge in [-0.15, -0.1) is 0 Å². The number of rotatable bonds is 3. The molecule has 0 unspecified atom stereocenters. The van der Waals surface area contributed by atoms with Crippen molar-refractivity contribution < 1.29 is 9.90 Å². The van der Waals surface area contributed by atoms with E-state index >= 15 is 0 Å². The van der Waals surface area contributed by atoms with E-state index < -0.39 is 0 Å². The van der Waals surface area contributed by atoms with Crippen LogP contribution in [0.1, 0.15) is 5.69 Å². The van der Waals surface area contributed by atoms with Crippen LogP contribution in [0.3, 0.4) is 0 Å². The topological polar surface area (TPSA) is 79.5 Å². The summed E-state index contributed by atoms with van der Waals surface area (Å²) >= 11 is 0. The Kier molecular flexibility index (Phi) is 2.55. The maximum Gasteiger partial charge on any atom is 0.223 e. The van der Waals surface area contributed by atoms with Gasteiger partial charge in [-0.3, -0.25) is 9.78 Å². The minimum atomic E-state index is -0.386. The Labute approximate surface area is 87.5 Å². The van der Waals surface area contributed by atoms with E-state index in [1.54, 1.807) is 6.20 Å². The first kappa shape index (κ1) is 9.92. The van der Waals surface area contributed by atoms with E-state index in [4.69, 9.17) is 10.8 Å². The van der Waals surface area contributed by atoms with Gasteiger partial charge in [0.05, 0.1) is 18.2 Å². The Bertz CT molecular complexity index is 375. The first-order chi connectivity index (χ1) is 7.15. The monoisotopic (exact) mass is 207 g/mol. The van der Waals surface area contributed by atoms with E-state index in [2.05, 4.69) is 4.98 Å². The van der Waals surface area contributed by atoms with Crippen molar-refractivity contribution in [3.05, 3.63) is 24.0 Å². The van der Waals surface area contributed by atoms with Crippen LogP contribution in [0.4, 0.5) is 5.69 Å². The number of aliphatic hydroxyl groups excluding tert-OH is 1. The number of anilines is 1. The highest BCUT2D eigenvalue weighted by atomic mass is 16.3. The quantitative estimate of drug-likeness (QED) is 0.686. The lowest BCUT2D eigenvalue weighted by Gasteiger charge is -2.37. The third-order valence-corrected chi connectivity index (χ3v) is 2.38. The second-order valence-corrected chi connectivity index (χ2v) is 3.71. The second-order valence-electron chi connectivity index (χ2n) is 3.71. The van der Waals surface area contributed by atoms with Gasteiger partial charge in [-0.1, -0.05) is 0 Å². The molecular formula is C10H13N3O2. The average molecular weight is 207 g/mol. The lowest BCUT2D eigenvalue weighted by molar-refractivity contribution is -0.117. The molecule has 5 nitrogen and oxygen atoms in total. The fourth-order valence-electron chi connectivity index (χ4n) is 1.60. The third kappa shape index (κ3) is 2.24. The minimum Gasteiger partial charge on any atom is -0.389 e. The van der Waals surface area contributed by atoms with Gasteiger partial charge >= 0.3 is 0 Å². The molecule has 0 radical (unpaired) electrons. The zero-order chi connectivity index (χ0) is 10.8. The lowest BCUT2D eigenvalue weighted by atomic mass is 10.1. The maximum atomic E-state index is 10.7. The highest BCUT2D eigenvalue weighted by Crippen LogP contribution is 2.20. The van der Waals surface area contributed by atoms with Crippen molar-refractivity contribution in [2.24, 2.45) is 5.73 Å². The number of aromatic nitrogens is 1. The molecule has 1 aliphatic rings. The summed E-state index contributed by atoms with van der Waals surface area (Å²) in [6, 6.07) is 3.69. The van der Waals surface area contributed by atoms with Crippen LogP contribution in [0.2, 0.25) is 0 Å². The van der Waals surface area contributed by atoms with Crippen molar-refractivity contribution in [1.82, 2.24) is 4.98 Å². The standard InChI is InChI=1S/C10H13N3O2/c11-10(15)4-7-3-8(1-2-12-7)13-5-9(14)6-13/h1-3,9,14H,4-6H2,(H2,11,15). The number of primary amides is 1. The fourth-order valence-corrected chi connectivity index (χ4v) is 1.60. The zero-order valence-corrected chi connectivity index (χ0v) is 8.26. The van der Waals surface area contributed by atoms with Crippen LogP contribution >= 0.6 is 0 Å². The molecule has 3 N–H and O–H groups in total. The van der Waals surface area contributed by atoms with E-state index in [0.29, 0.717) is 18.8 Å². The molecular weight excluding hydrogens is 194 g/mol. The van der Waals surface area contributed by atoms with E-state index in [1.807, 2.05) is 17.0 Å². The molecule has 5 heteroatoms. The second kappa shape index (κ2) is 3.86. The van der Waals surface area contributed by atoms with Gasteiger partial charge in [0.25, 0.3) is 0 Å². The van der Waals surface area contributed by atoms with E-state index in [-0.39, 0.29) is 18.4 Å². The molecule has 1 fully saturated rings. The number of β-amino-alcohol motifs (C(OH)–C–C–N with tert-alkyl or cyclic N) is 1. The van der Waals surface area contributed by atoms with Gasteiger partial charge in [0.1, 0.15) is 0 Å². The van der Waals surface area contributed by atoms with Crippen molar-refractivity contribution in [3.63, 3.8) is 0 Å². The minimum absolute atomic E-state index is 0.157. The van der Waals surface area contributed by atoms with Gasteiger partial charge in [-0.05, 0) is 12.1 Å². The number of pyridine rings is 1. The smallest absolute Gasteiger partial charge is 0.223 e. The number of carbonyl (C=O) groups excluding carboxylic acids is 1. The number of carbonyl (C=O) groups is 1. The summed E-state index contributed by atoms with van der Waals surface area (Å²) in [4.78, 5) is 16.8. The largest absolute Gasteiger partial charge is 0.389 e. The summed E-state index contributed by atoms with van der Waals surface area (Å²) in [6.07, 6.45) is 1.57. The van der Waals surface area contributed by atoms with Crippen LogP contribution in [0.5, 0.6) is 0 Å². The van der Waals surface area contributed by atoms with Crippen LogP contribution in [0, 0.1) is 0 Å². The molecule has 1 aromatic heterocycles. The highest BCUT2D eigenvalue weighted by molar-refractivity contribution is 5.76. The van der Waals surface area contributed by atoms with Crippen molar-refractivity contribution >= 4 is 11.6 Å². The van der Waals surface area contributed by atoms with Crippen LogP contribution in [-0.2, 0) is 11.2 Å². The molecule has 0 aromatic carbocycles. The number of aliphatic hydroxyl groups is 1. The highest BCUT2D eigenvalue weighted by Gasteiger charge is 2.24. The van der Waals surface area contributed by atoms with Gasteiger partial charge in [-0.2, -0.15) is 0 Å². The molecule has 0 aliphatic carbocycles. The van der Waals surface area contributed by atoms with Crippen molar-refractivity contribution in [1.29, 1.82) is 0 Å². The molecule has 0 saturated carbocycles. The number of nitrogens with zero attached hydrogens (tertiary/aromatic N) is 2. The van der Waals surface area contributed by atoms with Crippen molar-refractivity contribution in [3.8, 4) is 0 Å². The average Bonchev–Trinajstić information content (AvgIpc) is 2.12. The van der Waals surface area contributed by atoms with E-state index in [9.17, 15) is 4.79 Å². The molecule has 0 spiro atoms. The SMILES string of the molecule is NC(=O)Cc1cc(N2CC(O)C2)ccn1. The number of hydrogen-bond acceptors (Lipinski definition) is 4. The van der Waals surface area contributed by atoms with Crippen LogP contribution in [0.15, 0.2) is 18.3 Å². The summed E-state index contributed by atoms with van der Waals surface area (Å²) in [5, 5.41) is 9.16. The zero-order valence-electron chi connectivity index (χ0n) is 8.26. The number of hydrogen-bond donors (Lipinski definition) is 2.